The van der Waals surface area contributed by atoms with Crippen molar-refractivity contribution in [3.8, 4) is 11.5 Å². The number of methoxy groups -OCH3 is 2. The minimum atomic E-state index is -0.501. The zero-order valence-electron chi connectivity index (χ0n) is 14.4. The average Bonchev–Trinajstić information content (AvgIpc) is 2.62. The number of nitrogens with zero attached hydrogens (tertiary/aromatic N) is 1. The fourth-order valence-corrected chi connectivity index (χ4v) is 2.06. The molecule has 0 saturated carbocycles. The van der Waals surface area contributed by atoms with Gasteiger partial charge >= 0.3 is 5.97 Å². The van der Waals surface area contributed by atoms with Crippen molar-refractivity contribution in [2.75, 3.05) is 26.1 Å². The van der Waals surface area contributed by atoms with E-state index in [-0.39, 0.29) is 6.42 Å². The molecule has 0 radical (unpaired) electrons. The van der Waals surface area contributed by atoms with Crippen molar-refractivity contribution in [1.29, 1.82) is 0 Å². The Balaban J connectivity index is 1.88. The van der Waals surface area contributed by atoms with E-state index in [4.69, 9.17) is 14.2 Å². The van der Waals surface area contributed by atoms with Crippen molar-refractivity contribution < 1.29 is 23.8 Å². The molecule has 1 aromatic heterocycles. The van der Waals surface area contributed by atoms with Gasteiger partial charge in [-0.2, -0.15) is 0 Å². The molecule has 0 spiro atoms. The van der Waals surface area contributed by atoms with Gasteiger partial charge in [-0.3, -0.25) is 14.6 Å². The van der Waals surface area contributed by atoms with Crippen LogP contribution in [0, 0.1) is 6.92 Å². The number of carbonyl (C=O) groups is 2. The molecule has 0 fully saturated rings. The second-order valence-corrected chi connectivity index (χ2v) is 5.26. The van der Waals surface area contributed by atoms with Crippen LogP contribution in [-0.4, -0.2) is 37.7 Å². The van der Waals surface area contributed by atoms with Crippen LogP contribution in [-0.2, 0) is 20.7 Å². The van der Waals surface area contributed by atoms with Crippen molar-refractivity contribution in [3.05, 3.63) is 47.8 Å². The summed E-state index contributed by atoms with van der Waals surface area (Å²) >= 11 is 0. The van der Waals surface area contributed by atoms with Gasteiger partial charge in [-0.25, -0.2) is 0 Å². The number of hydrogen-bond acceptors (Lipinski definition) is 6. The Labute approximate surface area is 145 Å². The SMILES string of the molecule is COc1ccc(OC)c(NC(=O)COC(=O)Cc2ccc(C)nc2)c1. The van der Waals surface area contributed by atoms with Crippen molar-refractivity contribution in [2.45, 2.75) is 13.3 Å². The molecule has 0 aliphatic heterocycles. The summed E-state index contributed by atoms with van der Waals surface area (Å²) in [7, 11) is 3.02. The lowest BCUT2D eigenvalue weighted by atomic mass is 10.2. The Morgan fingerprint density at radius 2 is 1.92 bits per heavy atom. The van der Waals surface area contributed by atoms with E-state index in [0.717, 1.165) is 11.3 Å². The Morgan fingerprint density at radius 3 is 2.56 bits per heavy atom. The number of aromatic nitrogens is 1. The zero-order valence-corrected chi connectivity index (χ0v) is 14.4. The Hall–Kier alpha value is -3.09. The highest BCUT2D eigenvalue weighted by molar-refractivity contribution is 5.94. The van der Waals surface area contributed by atoms with Crippen molar-refractivity contribution in [3.63, 3.8) is 0 Å². The highest BCUT2D eigenvalue weighted by atomic mass is 16.5. The van der Waals surface area contributed by atoms with Crippen LogP contribution >= 0.6 is 0 Å². The lowest BCUT2D eigenvalue weighted by molar-refractivity contribution is -0.146. The third kappa shape index (κ3) is 5.49. The normalized spacial score (nSPS) is 10.0. The van der Waals surface area contributed by atoms with Crippen molar-refractivity contribution >= 4 is 17.6 Å². The number of rotatable bonds is 7. The first-order valence-electron chi connectivity index (χ1n) is 7.61. The van der Waals surface area contributed by atoms with E-state index < -0.39 is 18.5 Å². The summed E-state index contributed by atoms with van der Waals surface area (Å²) < 4.78 is 15.3. The third-order valence-electron chi connectivity index (χ3n) is 3.37. The molecule has 132 valence electrons. The first-order chi connectivity index (χ1) is 12.0. The van der Waals surface area contributed by atoms with Crippen LogP contribution in [0.25, 0.3) is 0 Å². The number of amides is 1. The first kappa shape index (κ1) is 18.3. The maximum absolute atomic E-state index is 12.0. The molecule has 1 aromatic carbocycles. The van der Waals surface area contributed by atoms with Gasteiger partial charge in [-0.1, -0.05) is 6.07 Å². The fourth-order valence-electron chi connectivity index (χ4n) is 2.06. The smallest absolute Gasteiger partial charge is 0.310 e. The van der Waals surface area contributed by atoms with Gasteiger partial charge in [0.1, 0.15) is 11.5 Å². The van der Waals surface area contributed by atoms with E-state index in [1.807, 2.05) is 13.0 Å². The molecule has 0 bridgehead atoms. The maximum atomic E-state index is 12.0. The molecule has 7 heteroatoms. The molecule has 0 aliphatic rings. The van der Waals surface area contributed by atoms with E-state index >= 15 is 0 Å². The molecule has 1 N–H and O–H groups in total. The number of anilines is 1. The van der Waals surface area contributed by atoms with Gasteiger partial charge in [0.15, 0.2) is 6.61 Å². The van der Waals surface area contributed by atoms with Crippen molar-refractivity contribution in [1.82, 2.24) is 4.98 Å². The van der Waals surface area contributed by atoms with Crippen LogP contribution in [0.15, 0.2) is 36.5 Å². The largest absolute Gasteiger partial charge is 0.497 e. The predicted octanol–water partition coefficient (Wildman–Crippen LogP) is 2.13. The summed E-state index contributed by atoms with van der Waals surface area (Å²) in [6.45, 7) is 1.47. The van der Waals surface area contributed by atoms with Crippen LogP contribution < -0.4 is 14.8 Å². The molecular formula is C18H20N2O5. The van der Waals surface area contributed by atoms with Crippen LogP contribution in [0.1, 0.15) is 11.3 Å². The number of benzene rings is 1. The minimum Gasteiger partial charge on any atom is -0.497 e. The summed E-state index contributed by atoms with van der Waals surface area (Å²) in [6.07, 6.45) is 1.67. The lowest BCUT2D eigenvalue weighted by Gasteiger charge is -2.12. The summed E-state index contributed by atoms with van der Waals surface area (Å²) in [5, 5.41) is 2.63. The Bertz CT molecular complexity index is 744. The lowest BCUT2D eigenvalue weighted by Crippen LogP contribution is -2.22. The number of pyridine rings is 1. The van der Waals surface area contributed by atoms with Gasteiger partial charge in [-0.15, -0.1) is 0 Å². The van der Waals surface area contributed by atoms with Gasteiger partial charge in [-0.05, 0) is 30.7 Å². The first-order valence-corrected chi connectivity index (χ1v) is 7.61. The van der Waals surface area contributed by atoms with Gasteiger partial charge in [0.05, 0.1) is 26.3 Å². The molecule has 1 amide bonds. The molecule has 1 heterocycles. The Kier molecular flexibility index (Phi) is 6.33. The summed E-state index contributed by atoms with van der Waals surface area (Å²) in [4.78, 5) is 27.9. The second-order valence-electron chi connectivity index (χ2n) is 5.26. The maximum Gasteiger partial charge on any atom is 0.310 e. The fraction of sp³-hybridized carbons (Fsp3) is 0.278. The molecule has 0 saturated heterocycles. The van der Waals surface area contributed by atoms with E-state index in [1.165, 1.54) is 14.2 Å². The van der Waals surface area contributed by atoms with Gasteiger partial charge in [0, 0.05) is 18.0 Å². The minimum absolute atomic E-state index is 0.0586. The average molecular weight is 344 g/mol. The molecule has 0 atom stereocenters. The van der Waals surface area contributed by atoms with Crippen LogP contribution in [0.5, 0.6) is 11.5 Å². The summed E-state index contributed by atoms with van der Waals surface area (Å²) in [5.74, 6) is 0.0755. The number of carbonyl (C=O) groups excluding carboxylic acids is 2. The zero-order chi connectivity index (χ0) is 18.2. The molecule has 7 nitrogen and oxygen atoms in total. The number of hydrogen-bond donors (Lipinski definition) is 1. The van der Waals surface area contributed by atoms with E-state index in [1.54, 1.807) is 30.5 Å². The van der Waals surface area contributed by atoms with Crippen molar-refractivity contribution in [2.24, 2.45) is 0 Å². The molecular weight excluding hydrogens is 324 g/mol. The summed E-state index contributed by atoms with van der Waals surface area (Å²) in [5.41, 5.74) is 2.03. The van der Waals surface area contributed by atoms with Crippen LogP contribution in [0.4, 0.5) is 5.69 Å². The van der Waals surface area contributed by atoms with Gasteiger partial charge < -0.3 is 19.5 Å². The number of nitrogens with one attached hydrogen (secondary N) is 1. The Morgan fingerprint density at radius 1 is 1.12 bits per heavy atom. The second kappa shape index (κ2) is 8.68. The predicted molar refractivity (Wildman–Crippen MR) is 91.8 cm³/mol. The third-order valence-corrected chi connectivity index (χ3v) is 3.37. The standard InChI is InChI=1S/C18H20N2O5/c1-12-4-5-13(10-19-12)8-18(22)25-11-17(21)20-15-9-14(23-2)6-7-16(15)24-3/h4-7,9-10H,8,11H2,1-3H3,(H,20,21). The quantitative estimate of drug-likeness (QED) is 0.774. The molecule has 2 aromatic rings. The monoisotopic (exact) mass is 344 g/mol. The molecule has 0 aliphatic carbocycles. The topological polar surface area (TPSA) is 86.8 Å². The molecule has 2 rings (SSSR count). The van der Waals surface area contributed by atoms with Crippen LogP contribution in [0.3, 0.4) is 0 Å². The number of aryl methyl sites for hydroxylation is 1. The molecule has 0 unspecified atom stereocenters. The van der Waals surface area contributed by atoms with E-state index in [0.29, 0.717) is 17.2 Å². The highest BCUT2D eigenvalue weighted by Crippen LogP contribution is 2.28. The highest BCUT2D eigenvalue weighted by Gasteiger charge is 2.12. The van der Waals surface area contributed by atoms with Gasteiger partial charge in [0.2, 0.25) is 0 Å². The number of ether oxygens (including phenoxy) is 3. The van der Waals surface area contributed by atoms with Crippen LogP contribution in [0.2, 0.25) is 0 Å². The van der Waals surface area contributed by atoms with Gasteiger partial charge in [0.25, 0.3) is 5.91 Å². The van der Waals surface area contributed by atoms with E-state index in [9.17, 15) is 9.59 Å². The molecule has 25 heavy (non-hydrogen) atoms. The van der Waals surface area contributed by atoms with E-state index in [2.05, 4.69) is 10.3 Å². The summed E-state index contributed by atoms with van der Waals surface area (Å²) in [6, 6.07) is 8.61. The number of esters is 1.